The van der Waals surface area contributed by atoms with Gasteiger partial charge in [0.25, 0.3) is 0 Å². The largest absolute Gasteiger partial charge is 0.341 e. The van der Waals surface area contributed by atoms with Crippen molar-refractivity contribution in [1.82, 2.24) is 15.3 Å². The van der Waals surface area contributed by atoms with Gasteiger partial charge in [0.05, 0.1) is 12.1 Å². The van der Waals surface area contributed by atoms with Gasteiger partial charge in [-0.3, -0.25) is 0 Å². The molecule has 0 saturated heterocycles. The van der Waals surface area contributed by atoms with Crippen LogP contribution in [0.4, 0.5) is 4.39 Å². The normalized spacial score (nSPS) is 11.0. The lowest BCUT2D eigenvalue weighted by Gasteiger charge is -1.94. The summed E-state index contributed by atoms with van der Waals surface area (Å²) < 4.78 is 13.2. The van der Waals surface area contributed by atoms with Crippen LogP contribution in [-0.4, -0.2) is 16.5 Å². The molecule has 2 rings (SSSR count). The number of aromatic nitrogens is 2. The van der Waals surface area contributed by atoms with Crippen molar-refractivity contribution in [2.45, 2.75) is 13.5 Å². The first kappa shape index (κ1) is 9.15. The lowest BCUT2D eigenvalue weighted by atomic mass is 10.3. The van der Waals surface area contributed by atoms with E-state index < -0.39 is 0 Å². The molecule has 0 aliphatic rings. The van der Waals surface area contributed by atoms with Crippen LogP contribution in [0.25, 0.3) is 11.0 Å². The van der Waals surface area contributed by atoms with Crippen molar-refractivity contribution in [2.24, 2.45) is 0 Å². The summed E-state index contributed by atoms with van der Waals surface area (Å²) in [6.45, 7) is 3.54. The van der Waals surface area contributed by atoms with Crippen LogP contribution in [0, 0.1) is 5.82 Å². The number of fused-ring (bicyclic) bond motifs is 1. The number of hydrogen-bond acceptors (Lipinski definition) is 2. The van der Waals surface area contributed by atoms with Gasteiger partial charge in [0.2, 0.25) is 0 Å². The van der Waals surface area contributed by atoms with Crippen molar-refractivity contribution in [3.63, 3.8) is 0 Å². The number of aromatic amines is 1. The fourth-order valence-corrected chi connectivity index (χ4v) is 1.38. The van der Waals surface area contributed by atoms with Crippen molar-refractivity contribution >= 4 is 11.0 Å². The molecule has 1 heterocycles. The SMILES string of the molecule is CCNCc1nc2c(F)cccc2[nH]1. The molecule has 0 spiro atoms. The minimum absolute atomic E-state index is 0.276. The molecular formula is C10H12FN3. The van der Waals surface area contributed by atoms with Crippen LogP contribution in [0.3, 0.4) is 0 Å². The van der Waals surface area contributed by atoms with E-state index in [9.17, 15) is 4.39 Å². The summed E-state index contributed by atoms with van der Waals surface area (Å²) >= 11 is 0. The summed E-state index contributed by atoms with van der Waals surface area (Å²) in [4.78, 5) is 7.21. The molecule has 3 nitrogen and oxygen atoms in total. The molecule has 0 aliphatic carbocycles. The fourth-order valence-electron chi connectivity index (χ4n) is 1.38. The highest BCUT2D eigenvalue weighted by Crippen LogP contribution is 2.14. The van der Waals surface area contributed by atoms with E-state index in [2.05, 4.69) is 15.3 Å². The van der Waals surface area contributed by atoms with E-state index in [-0.39, 0.29) is 5.82 Å². The van der Waals surface area contributed by atoms with Gasteiger partial charge in [-0.25, -0.2) is 9.37 Å². The second kappa shape index (κ2) is 3.75. The summed E-state index contributed by atoms with van der Waals surface area (Å²) in [5.41, 5.74) is 1.17. The van der Waals surface area contributed by atoms with Crippen molar-refractivity contribution in [2.75, 3.05) is 6.54 Å². The fraction of sp³-hybridized carbons (Fsp3) is 0.300. The van der Waals surface area contributed by atoms with Gasteiger partial charge in [-0.2, -0.15) is 0 Å². The molecule has 0 bridgehead atoms. The predicted molar refractivity (Wildman–Crippen MR) is 53.4 cm³/mol. The molecule has 0 unspecified atom stereocenters. The molecule has 14 heavy (non-hydrogen) atoms. The van der Waals surface area contributed by atoms with E-state index in [0.717, 1.165) is 17.9 Å². The maximum Gasteiger partial charge on any atom is 0.151 e. The van der Waals surface area contributed by atoms with Crippen LogP contribution >= 0.6 is 0 Å². The highest BCUT2D eigenvalue weighted by Gasteiger charge is 2.05. The number of nitrogens with zero attached hydrogens (tertiary/aromatic N) is 1. The standard InChI is InChI=1S/C10H12FN3/c1-2-12-6-9-13-8-5-3-4-7(11)10(8)14-9/h3-5,12H,2,6H2,1H3,(H,13,14). The van der Waals surface area contributed by atoms with Crippen molar-refractivity contribution < 1.29 is 4.39 Å². The van der Waals surface area contributed by atoms with Crippen molar-refractivity contribution in [3.05, 3.63) is 29.8 Å². The Kier molecular flexibility index (Phi) is 2.45. The van der Waals surface area contributed by atoms with Crippen LogP contribution in [0.15, 0.2) is 18.2 Å². The summed E-state index contributed by atoms with van der Waals surface area (Å²) in [5.74, 6) is 0.494. The third-order valence-corrected chi connectivity index (χ3v) is 2.05. The summed E-state index contributed by atoms with van der Waals surface area (Å²) in [6, 6.07) is 4.91. The molecule has 0 radical (unpaired) electrons. The number of benzene rings is 1. The van der Waals surface area contributed by atoms with Crippen molar-refractivity contribution in [1.29, 1.82) is 0 Å². The summed E-state index contributed by atoms with van der Waals surface area (Å²) in [6.07, 6.45) is 0. The van der Waals surface area contributed by atoms with Gasteiger partial charge in [0.1, 0.15) is 11.3 Å². The lowest BCUT2D eigenvalue weighted by Crippen LogP contribution is -2.12. The maximum atomic E-state index is 13.2. The van der Waals surface area contributed by atoms with Crippen LogP contribution in [-0.2, 0) is 6.54 Å². The van der Waals surface area contributed by atoms with Gasteiger partial charge in [-0.05, 0) is 18.7 Å². The third-order valence-electron chi connectivity index (χ3n) is 2.05. The molecule has 2 aromatic rings. The minimum atomic E-state index is -0.276. The molecule has 0 aliphatic heterocycles. The first-order valence-electron chi connectivity index (χ1n) is 4.65. The summed E-state index contributed by atoms with van der Waals surface area (Å²) in [5, 5.41) is 3.13. The Hall–Kier alpha value is -1.42. The molecule has 74 valence electrons. The second-order valence-corrected chi connectivity index (χ2v) is 3.10. The number of nitrogens with one attached hydrogen (secondary N) is 2. The first-order valence-corrected chi connectivity index (χ1v) is 4.65. The van der Waals surface area contributed by atoms with E-state index >= 15 is 0 Å². The molecule has 0 fully saturated rings. The van der Waals surface area contributed by atoms with Crippen LogP contribution < -0.4 is 5.32 Å². The van der Waals surface area contributed by atoms with Gasteiger partial charge in [-0.1, -0.05) is 13.0 Å². The smallest absolute Gasteiger partial charge is 0.151 e. The van der Waals surface area contributed by atoms with E-state index in [1.165, 1.54) is 6.07 Å². The summed E-state index contributed by atoms with van der Waals surface area (Å²) in [7, 11) is 0. The Balaban J connectivity index is 2.36. The van der Waals surface area contributed by atoms with E-state index in [4.69, 9.17) is 0 Å². The third kappa shape index (κ3) is 1.61. The quantitative estimate of drug-likeness (QED) is 0.780. The number of hydrogen-bond donors (Lipinski definition) is 2. The minimum Gasteiger partial charge on any atom is -0.341 e. The number of rotatable bonds is 3. The highest BCUT2D eigenvalue weighted by molar-refractivity contribution is 5.75. The number of H-pyrrole nitrogens is 1. The van der Waals surface area contributed by atoms with Crippen LogP contribution in [0.5, 0.6) is 0 Å². The Labute approximate surface area is 81.4 Å². The van der Waals surface area contributed by atoms with Gasteiger partial charge < -0.3 is 10.3 Å². The lowest BCUT2D eigenvalue weighted by molar-refractivity contribution is 0.636. The zero-order valence-electron chi connectivity index (χ0n) is 7.97. The molecule has 4 heteroatoms. The Morgan fingerprint density at radius 3 is 3.07 bits per heavy atom. The Bertz CT molecular complexity index is 436. The molecule has 0 saturated carbocycles. The van der Waals surface area contributed by atoms with Gasteiger partial charge >= 0.3 is 0 Å². The van der Waals surface area contributed by atoms with E-state index in [0.29, 0.717) is 12.1 Å². The second-order valence-electron chi connectivity index (χ2n) is 3.10. The van der Waals surface area contributed by atoms with Gasteiger partial charge in [-0.15, -0.1) is 0 Å². The topological polar surface area (TPSA) is 40.7 Å². The first-order chi connectivity index (χ1) is 6.81. The van der Waals surface area contributed by atoms with Crippen molar-refractivity contribution in [3.8, 4) is 0 Å². The molecule has 1 aromatic carbocycles. The molecule has 1 aromatic heterocycles. The zero-order valence-corrected chi connectivity index (χ0v) is 7.97. The Morgan fingerprint density at radius 1 is 1.50 bits per heavy atom. The number of imidazole rings is 1. The average Bonchev–Trinajstić information content (AvgIpc) is 2.59. The number of para-hydroxylation sites is 1. The molecule has 0 amide bonds. The molecule has 2 N–H and O–H groups in total. The van der Waals surface area contributed by atoms with Gasteiger partial charge in [0, 0.05) is 0 Å². The van der Waals surface area contributed by atoms with E-state index in [1.54, 1.807) is 6.07 Å². The van der Waals surface area contributed by atoms with Crippen LogP contribution in [0.1, 0.15) is 12.7 Å². The molecule has 0 atom stereocenters. The van der Waals surface area contributed by atoms with E-state index in [1.807, 2.05) is 13.0 Å². The number of halogens is 1. The Morgan fingerprint density at radius 2 is 2.36 bits per heavy atom. The highest BCUT2D eigenvalue weighted by atomic mass is 19.1. The maximum absolute atomic E-state index is 13.2. The average molecular weight is 193 g/mol. The molecular weight excluding hydrogens is 181 g/mol. The van der Waals surface area contributed by atoms with Gasteiger partial charge in [0.15, 0.2) is 5.82 Å². The predicted octanol–water partition coefficient (Wildman–Crippen LogP) is 1.81. The monoisotopic (exact) mass is 193 g/mol. The zero-order chi connectivity index (χ0) is 9.97. The van der Waals surface area contributed by atoms with Crippen LogP contribution in [0.2, 0.25) is 0 Å².